The lowest BCUT2D eigenvalue weighted by Gasteiger charge is -2.13. The first kappa shape index (κ1) is 30.0. The maximum absolute atomic E-state index is 5.98. The summed E-state index contributed by atoms with van der Waals surface area (Å²) in [6.45, 7) is 5.18. The molecule has 0 saturated heterocycles. The monoisotopic (exact) mass is 514 g/mol. The van der Waals surface area contributed by atoms with Gasteiger partial charge in [-0.2, -0.15) is 0 Å². The maximum Gasteiger partial charge on any atom is 0.159 e. The SMILES string of the molecule is CCCCCCCCCCc1ccc(-c2ncc(CCCCCCC(C)OCc3ccccc3)cn2)cc1. The fourth-order valence-corrected chi connectivity index (χ4v) is 4.93. The summed E-state index contributed by atoms with van der Waals surface area (Å²) in [5, 5.41) is 0. The van der Waals surface area contributed by atoms with Gasteiger partial charge in [0.05, 0.1) is 12.7 Å². The van der Waals surface area contributed by atoms with Crippen molar-refractivity contribution in [1.82, 2.24) is 9.97 Å². The average Bonchev–Trinajstić information content (AvgIpc) is 2.96. The van der Waals surface area contributed by atoms with Crippen LogP contribution in [0.1, 0.15) is 114 Å². The molecule has 0 N–H and O–H groups in total. The number of rotatable bonds is 20. The van der Waals surface area contributed by atoms with E-state index >= 15 is 0 Å². The van der Waals surface area contributed by atoms with Gasteiger partial charge in [0.15, 0.2) is 5.82 Å². The van der Waals surface area contributed by atoms with Gasteiger partial charge in [0.2, 0.25) is 0 Å². The third-order valence-electron chi connectivity index (χ3n) is 7.44. The molecular weight excluding hydrogens is 464 g/mol. The van der Waals surface area contributed by atoms with E-state index in [2.05, 4.69) is 72.3 Å². The molecule has 1 atom stereocenters. The van der Waals surface area contributed by atoms with Crippen LogP contribution in [0.15, 0.2) is 67.0 Å². The number of nitrogens with zero attached hydrogens (tertiary/aromatic N) is 2. The van der Waals surface area contributed by atoms with Crippen molar-refractivity contribution >= 4 is 0 Å². The smallest absolute Gasteiger partial charge is 0.159 e. The summed E-state index contributed by atoms with van der Waals surface area (Å²) in [5.41, 5.74) is 5.02. The van der Waals surface area contributed by atoms with Crippen LogP contribution in [0, 0.1) is 0 Å². The van der Waals surface area contributed by atoms with Crippen molar-refractivity contribution in [2.24, 2.45) is 0 Å². The Balaban J connectivity index is 1.24. The molecule has 0 aliphatic heterocycles. The number of hydrogen-bond donors (Lipinski definition) is 0. The molecule has 0 saturated carbocycles. The molecule has 1 unspecified atom stereocenters. The molecule has 3 aromatic rings. The fraction of sp³-hybridized carbons (Fsp3) is 0.543. The molecule has 0 aliphatic rings. The number of aromatic nitrogens is 2. The summed E-state index contributed by atoms with van der Waals surface area (Å²) in [4.78, 5) is 9.30. The van der Waals surface area contributed by atoms with Crippen LogP contribution in [0.3, 0.4) is 0 Å². The van der Waals surface area contributed by atoms with E-state index in [9.17, 15) is 0 Å². The van der Waals surface area contributed by atoms with Crippen LogP contribution in [0.5, 0.6) is 0 Å². The Morgan fingerprint density at radius 2 is 1.18 bits per heavy atom. The molecule has 0 aliphatic carbocycles. The number of aryl methyl sites for hydroxylation is 2. The zero-order valence-electron chi connectivity index (χ0n) is 24.0. The van der Waals surface area contributed by atoms with E-state index in [0.717, 1.165) is 24.2 Å². The molecule has 3 nitrogen and oxygen atoms in total. The largest absolute Gasteiger partial charge is 0.374 e. The van der Waals surface area contributed by atoms with Crippen LogP contribution in [0.2, 0.25) is 0 Å². The van der Waals surface area contributed by atoms with Gasteiger partial charge in [0.1, 0.15) is 0 Å². The highest BCUT2D eigenvalue weighted by atomic mass is 16.5. The Hall–Kier alpha value is -2.52. The number of ether oxygens (including phenoxy) is 1. The molecule has 0 fully saturated rings. The van der Waals surface area contributed by atoms with E-state index in [1.807, 2.05) is 18.5 Å². The van der Waals surface area contributed by atoms with Crippen molar-refractivity contribution in [2.45, 2.75) is 123 Å². The van der Waals surface area contributed by atoms with E-state index in [1.165, 1.54) is 100 Å². The van der Waals surface area contributed by atoms with Crippen LogP contribution in [-0.2, 0) is 24.2 Å². The molecule has 1 heterocycles. The highest BCUT2D eigenvalue weighted by Crippen LogP contribution is 2.18. The zero-order chi connectivity index (χ0) is 26.7. The Morgan fingerprint density at radius 3 is 1.84 bits per heavy atom. The van der Waals surface area contributed by atoms with Gasteiger partial charge < -0.3 is 4.74 Å². The van der Waals surface area contributed by atoms with Crippen LogP contribution in [0.4, 0.5) is 0 Å². The molecule has 38 heavy (non-hydrogen) atoms. The second-order valence-electron chi connectivity index (χ2n) is 10.9. The van der Waals surface area contributed by atoms with Crippen molar-refractivity contribution in [1.29, 1.82) is 0 Å². The van der Waals surface area contributed by atoms with Gasteiger partial charge in [-0.05, 0) is 55.7 Å². The molecule has 0 radical (unpaired) electrons. The molecule has 3 heteroatoms. The average molecular weight is 515 g/mol. The Kier molecular flexibility index (Phi) is 14.8. The van der Waals surface area contributed by atoms with Crippen LogP contribution < -0.4 is 0 Å². The van der Waals surface area contributed by atoms with E-state index in [4.69, 9.17) is 4.74 Å². The fourth-order valence-electron chi connectivity index (χ4n) is 4.93. The number of benzene rings is 2. The van der Waals surface area contributed by atoms with E-state index in [-0.39, 0.29) is 0 Å². The summed E-state index contributed by atoms with van der Waals surface area (Å²) in [7, 11) is 0. The van der Waals surface area contributed by atoms with Crippen LogP contribution >= 0.6 is 0 Å². The lowest BCUT2D eigenvalue weighted by molar-refractivity contribution is 0.0459. The lowest BCUT2D eigenvalue weighted by Crippen LogP contribution is -2.07. The predicted octanol–water partition coefficient (Wildman–Crippen LogP) is 9.93. The second kappa shape index (κ2) is 18.7. The van der Waals surface area contributed by atoms with Gasteiger partial charge in [0, 0.05) is 18.0 Å². The lowest BCUT2D eigenvalue weighted by atomic mass is 10.0. The van der Waals surface area contributed by atoms with Crippen molar-refractivity contribution in [3.63, 3.8) is 0 Å². The molecule has 206 valence electrons. The van der Waals surface area contributed by atoms with Crippen molar-refractivity contribution < 1.29 is 4.74 Å². The Labute approximate surface area is 232 Å². The summed E-state index contributed by atoms with van der Waals surface area (Å²) in [5.74, 6) is 0.830. The summed E-state index contributed by atoms with van der Waals surface area (Å²) < 4.78 is 5.98. The van der Waals surface area contributed by atoms with Gasteiger partial charge in [-0.1, -0.05) is 126 Å². The first-order chi connectivity index (χ1) is 18.7. The highest BCUT2D eigenvalue weighted by Gasteiger charge is 2.05. The second-order valence-corrected chi connectivity index (χ2v) is 10.9. The predicted molar refractivity (Wildman–Crippen MR) is 161 cm³/mol. The zero-order valence-corrected chi connectivity index (χ0v) is 24.0. The number of unbranched alkanes of at least 4 members (excludes halogenated alkanes) is 10. The first-order valence-corrected chi connectivity index (χ1v) is 15.3. The van der Waals surface area contributed by atoms with E-state index in [1.54, 1.807) is 0 Å². The minimum atomic E-state index is 0.315. The first-order valence-electron chi connectivity index (χ1n) is 15.3. The minimum Gasteiger partial charge on any atom is -0.374 e. The van der Waals surface area contributed by atoms with Crippen LogP contribution in [0.25, 0.3) is 11.4 Å². The third-order valence-corrected chi connectivity index (χ3v) is 7.44. The molecule has 0 amide bonds. The van der Waals surface area contributed by atoms with Gasteiger partial charge in [-0.3, -0.25) is 0 Å². The van der Waals surface area contributed by atoms with E-state index < -0.39 is 0 Å². The van der Waals surface area contributed by atoms with Crippen molar-refractivity contribution in [3.8, 4) is 11.4 Å². The molecule has 2 aromatic carbocycles. The summed E-state index contributed by atoms with van der Waals surface area (Å²) in [6.07, 6.45) is 23.6. The van der Waals surface area contributed by atoms with E-state index in [0.29, 0.717) is 12.7 Å². The molecule has 1 aromatic heterocycles. The van der Waals surface area contributed by atoms with Gasteiger partial charge >= 0.3 is 0 Å². The van der Waals surface area contributed by atoms with Gasteiger partial charge in [-0.25, -0.2) is 9.97 Å². The highest BCUT2D eigenvalue weighted by molar-refractivity contribution is 5.55. The molecule has 0 bridgehead atoms. The molecular formula is C35H50N2O. The van der Waals surface area contributed by atoms with Crippen molar-refractivity contribution in [3.05, 3.63) is 83.7 Å². The summed E-state index contributed by atoms with van der Waals surface area (Å²) in [6, 6.07) is 19.3. The topological polar surface area (TPSA) is 35.0 Å². The Morgan fingerprint density at radius 1 is 0.605 bits per heavy atom. The molecule has 3 rings (SSSR count). The van der Waals surface area contributed by atoms with Gasteiger partial charge in [0.25, 0.3) is 0 Å². The molecule has 0 spiro atoms. The third kappa shape index (κ3) is 12.3. The quantitative estimate of drug-likeness (QED) is 0.141. The minimum absolute atomic E-state index is 0.315. The van der Waals surface area contributed by atoms with Crippen molar-refractivity contribution in [2.75, 3.05) is 0 Å². The van der Waals surface area contributed by atoms with Crippen LogP contribution in [-0.4, -0.2) is 16.1 Å². The van der Waals surface area contributed by atoms with Gasteiger partial charge in [-0.15, -0.1) is 0 Å². The number of hydrogen-bond acceptors (Lipinski definition) is 3. The Bertz CT molecular complexity index is 969. The standard InChI is InChI=1S/C35H50N2O/c1-3-4-5-6-7-8-9-14-19-31-23-25-34(26-24-31)35-36-27-33(28-37-35)22-15-11-10-13-18-30(2)38-29-32-20-16-12-17-21-32/h12,16-17,20-21,23-28,30H,3-11,13-15,18-19,22,29H2,1-2H3. The summed E-state index contributed by atoms with van der Waals surface area (Å²) >= 11 is 0. The normalized spacial score (nSPS) is 12.1. The maximum atomic E-state index is 5.98.